The van der Waals surface area contributed by atoms with Crippen molar-refractivity contribution in [1.82, 2.24) is 0 Å². The van der Waals surface area contributed by atoms with Gasteiger partial charge in [-0.2, -0.15) is 0 Å². The number of carbonyl (C=O) groups excluding carboxylic acids is 2. The van der Waals surface area contributed by atoms with Crippen molar-refractivity contribution in [3.8, 4) is 16.9 Å². The molecule has 1 N–H and O–H groups in total. The average molecular weight is 449 g/mol. The molecule has 3 rings (SSSR count). The maximum Gasteiger partial charge on any atom is 0.341 e. The van der Waals surface area contributed by atoms with Crippen LogP contribution in [0.1, 0.15) is 34.6 Å². The molecule has 0 bridgehead atoms. The van der Waals surface area contributed by atoms with Crippen LogP contribution in [-0.2, 0) is 4.74 Å². The molecule has 0 spiro atoms. The van der Waals surface area contributed by atoms with Gasteiger partial charge in [-0.05, 0) is 43.7 Å². The Balaban J connectivity index is 1.98. The molecule has 5 nitrogen and oxygen atoms in total. The van der Waals surface area contributed by atoms with Gasteiger partial charge in [0.25, 0.3) is 5.91 Å². The van der Waals surface area contributed by atoms with Crippen LogP contribution in [-0.4, -0.2) is 25.1 Å². The average Bonchev–Trinajstić information content (AvgIpc) is 3.16. The number of hydrogen-bond acceptors (Lipinski definition) is 5. The van der Waals surface area contributed by atoms with E-state index >= 15 is 0 Å². The second kappa shape index (κ2) is 9.65. The molecule has 0 fully saturated rings. The Morgan fingerprint density at radius 3 is 2.32 bits per heavy atom. The second-order valence-electron chi connectivity index (χ2n) is 6.21. The fourth-order valence-corrected chi connectivity index (χ4v) is 3.79. The normalized spacial score (nSPS) is 10.6. The Labute approximate surface area is 180 Å². The van der Waals surface area contributed by atoms with Crippen molar-refractivity contribution in [2.45, 2.75) is 13.8 Å². The van der Waals surface area contributed by atoms with Crippen molar-refractivity contribution >= 4 is 28.2 Å². The summed E-state index contributed by atoms with van der Waals surface area (Å²) in [7, 11) is 0. The number of halogens is 3. The molecule has 1 aromatic heterocycles. The fourth-order valence-electron chi connectivity index (χ4n) is 2.84. The lowest BCUT2D eigenvalue weighted by Crippen LogP contribution is -2.17. The van der Waals surface area contributed by atoms with Gasteiger partial charge in [0.2, 0.25) is 0 Å². The topological polar surface area (TPSA) is 64.6 Å². The van der Waals surface area contributed by atoms with Gasteiger partial charge in [0.15, 0.2) is 17.5 Å². The van der Waals surface area contributed by atoms with Crippen molar-refractivity contribution in [1.29, 1.82) is 0 Å². The summed E-state index contributed by atoms with van der Waals surface area (Å²) in [4.78, 5) is 25.1. The lowest BCUT2D eigenvalue weighted by atomic mass is 10.0. The zero-order valence-electron chi connectivity index (χ0n) is 16.6. The summed E-state index contributed by atoms with van der Waals surface area (Å²) in [5, 5.41) is 4.13. The zero-order chi connectivity index (χ0) is 22.5. The van der Waals surface area contributed by atoms with E-state index in [4.69, 9.17) is 9.47 Å². The van der Waals surface area contributed by atoms with Crippen LogP contribution in [0.2, 0.25) is 0 Å². The smallest absolute Gasteiger partial charge is 0.341 e. The molecule has 31 heavy (non-hydrogen) atoms. The molecule has 2 aromatic carbocycles. The summed E-state index contributed by atoms with van der Waals surface area (Å²) in [6.07, 6.45) is 0. The lowest BCUT2D eigenvalue weighted by molar-refractivity contribution is 0.0529. The first-order chi connectivity index (χ1) is 14.9. The van der Waals surface area contributed by atoms with E-state index in [2.05, 4.69) is 5.32 Å². The summed E-state index contributed by atoms with van der Waals surface area (Å²) >= 11 is 1.02. The first-order valence-electron chi connectivity index (χ1n) is 9.34. The summed E-state index contributed by atoms with van der Waals surface area (Å²) in [6, 6.07) is 8.45. The molecule has 162 valence electrons. The molecule has 9 heteroatoms. The quantitative estimate of drug-likeness (QED) is 0.373. The van der Waals surface area contributed by atoms with E-state index in [1.807, 2.05) is 6.92 Å². The summed E-state index contributed by atoms with van der Waals surface area (Å²) in [6.45, 7) is 4.09. The van der Waals surface area contributed by atoms with Crippen molar-refractivity contribution in [2.75, 3.05) is 18.5 Å². The van der Waals surface area contributed by atoms with Crippen molar-refractivity contribution in [2.24, 2.45) is 0 Å². The van der Waals surface area contributed by atoms with Crippen LogP contribution in [0.15, 0.2) is 41.8 Å². The van der Waals surface area contributed by atoms with Crippen molar-refractivity contribution < 1.29 is 32.2 Å². The van der Waals surface area contributed by atoms with E-state index in [1.165, 1.54) is 0 Å². The fraction of sp³-hybridized carbons (Fsp3) is 0.182. The molecule has 0 unspecified atom stereocenters. The van der Waals surface area contributed by atoms with Gasteiger partial charge in [0, 0.05) is 10.9 Å². The Bertz CT molecular complexity index is 1110. The van der Waals surface area contributed by atoms with Gasteiger partial charge >= 0.3 is 5.97 Å². The van der Waals surface area contributed by atoms with E-state index in [1.54, 1.807) is 36.6 Å². The van der Waals surface area contributed by atoms with E-state index in [0.29, 0.717) is 29.5 Å². The minimum absolute atomic E-state index is 0.0763. The standard InChI is InChI=1S/C22H18F3NO4S/c1-3-29-13-7-5-12(6-8-13)15-11-31-21(17(15)22(28)30-4-2)26-20(27)14-9-10-16(23)19(25)18(14)24/h5-11H,3-4H2,1-2H3,(H,26,27). The Kier molecular flexibility index (Phi) is 6.96. The number of carbonyl (C=O) groups is 2. The third kappa shape index (κ3) is 4.72. The van der Waals surface area contributed by atoms with Crippen LogP contribution in [0.25, 0.3) is 11.1 Å². The molecule has 0 saturated heterocycles. The summed E-state index contributed by atoms with van der Waals surface area (Å²) < 4.78 is 51.2. The van der Waals surface area contributed by atoms with E-state index < -0.39 is 34.9 Å². The van der Waals surface area contributed by atoms with Gasteiger partial charge in [-0.3, -0.25) is 4.79 Å². The number of esters is 1. The van der Waals surface area contributed by atoms with Gasteiger partial charge in [0.05, 0.1) is 18.8 Å². The van der Waals surface area contributed by atoms with Crippen LogP contribution < -0.4 is 10.1 Å². The summed E-state index contributed by atoms with van der Waals surface area (Å²) in [5.41, 5.74) is 0.548. The Morgan fingerprint density at radius 1 is 0.968 bits per heavy atom. The molecule has 0 radical (unpaired) electrons. The van der Waals surface area contributed by atoms with E-state index in [-0.39, 0.29) is 17.2 Å². The van der Waals surface area contributed by atoms with Gasteiger partial charge in [-0.25, -0.2) is 18.0 Å². The SMILES string of the molecule is CCOC(=O)c1c(-c2ccc(OCC)cc2)csc1NC(=O)c1ccc(F)c(F)c1F. The van der Waals surface area contributed by atoms with E-state index in [9.17, 15) is 22.8 Å². The Morgan fingerprint density at radius 2 is 1.68 bits per heavy atom. The monoisotopic (exact) mass is 449 g/mol. The Hall–Kier alpha value is -3.33. The van der Waals surface area contributed by atoms with Crippen molar-refractivity contribution in [3.63, 3.8) is 0 Å². The van der Waals surface area contributed by atoms with Crippen LogP contribution in [0.3, 0.4) is 0 Å². The number of rotatable bonds is 7. The van der Waals surface area contributed by atoms with Crippen LogP contribution in [0.4, 0.5) is 18.2 Å². The maximum absolute atomic E-state index is 14.0. The van der Waals surface area contributed by atoms with Crippen LogP contribution >= 0.6 is 11.3 Å². The van der Waals surface area contributed by atoms with Gasteiger partial charge in [-0.1, -0.05) is 12.1 Å². The predicted molar refractivity (Wildman–Crippen MR) is 111 cm³/mol. The molecule has 0 aliphatic heterocycles. The molecular weight excluding hydrogens is 431 g/mol. The molecule has 1 heterocycles. The number of anilines is 1. The molecule has 3 aromatic rings. The zero-order valence-corrected chi connectivity index (χ0v) is 17.4. The number of amides is 1. The highest BCUT2D eigenvalue weighted by Crippen LogP contribution is 2.37. The molecule has 0 aliphatic carbocycles. The van der Waals surface area contributed by atoms with Gasteiger partial charge in [-0.15, -0.1) is 11.3 Å². The molecule has 0 aliphatic rings. The summed E-state index contributed by atoms with van der Waals surface area (Å²) in [5.74, 6) is -5.83. The minimum atomic E-state index is -1.75. The number of thiophene rings is 1. The van der Waals surface area contributed by atoms with E-state index in [0.717, 1.165) is 17.4 Å². The first kappa shape index (κ1) is 22.4. The number of benzene rings is 2. The molecular formula is C22H18F3NO4S. The number of ether oxygens (including phenoxy) is 2. The van der Waals surface area contributed by atoms with Gasteiger partial charge in [0.1, 0.15) is 16.3 Å². The van der Waals surface area contributed by atoms with Gasteiger partial charge < -0.3 is 14.8 Å². The molecule has 1 amide bonds. The largest absolute Gasteiger partial charge is 0.494 e. The van der Waals surface area contributed by atoms with Crippen LogP contribution in [0.5, 0.6) is 5.75 Å². The number of hydrogen-bond donors (Lipinski definition) is 1. The minimum Gasteiger partial charge on any atom is -0.494 e. The second-order valence-corrected chi connectivity index (χ2v) is 7.09. The first-order valence-corrected chi connectivity index (χ1v) is 10.2. The highest BCUT2D eigenvalue weighted by Gasteiger charge is 2.25. The van der Waals surface area contributed by atoms with Crippen molar-refractivity contribution in [3.05, 3.63) is 70.4 Å². The maximum atomic E-state index is 14.0. The highest BCUT2D eigenvalue weighted by molar-refractivity contribution is 7.15. The lowest BCUT2D eigenvalue weighted by Gasteiger charge is -2.10. The molecule has 0 atom stereocenters. The molecule has 0 saturated carbocycles. The number of nitrogens with one attached hydrogen (secondary N) is 1. The predicted octanol–water partition coefficient (Wildman–Crippen LogP) is 5.66. The third-order valence-corrected chi connectivity index (χ3v) is 5.15. The highest BCUT2D eigenvalue weighted by atomic mass is 32.1. The third-order valence-electron chi connectivity index (χ3n) is 4.25. The van der Waals surface area contributed by atoms with Crippen LogP contribution in [0, 0.1) is 17.5 Å².